The lowest BCUT2D eigenvalue weighted by molar-refractivity contribution is 0.0677. The first-order valence-electron chi connectivity index (χ1n) is 5.49. The van der Waals surface area contributed by atoms with Crippen molar-refractivity contribution in [2.24, 2.45) is 5.73 Å². The van der Waals surface area contributed by atoms with E-state index in [9.17, 15) is 4.79 Å². The fourth-order valence-electron chi connectivity index (χ4n) is 2.01. The van der Waals surface area contributed by atoms with Crippen LogP contribution in [0, 0.1) is 0 Å². The monoisotopic (exact) mass is 233 g/mol. The number of carboxylic acid groups (broad SMARTS) is 1. The number of aromatic carboxylic acids is 1. The first-order valence-corrected chi connectivity index (χ1v) is 5.49. The Morgan fingerprint density at radius 3 is 2.76 bits per heavy atom. The molecule has 0 aliphatic rings. The number of carbonyl (C=O) groups is 1. The highest BCUT2D eigenvalue weighted by Crippen LogP contribution is 2.23. The van der Waals surface area contributed by atoms with Gasteiger partial charge in [0.2, 0.25) is 5.82 Å². The highest BCUT2D eigenvalue weighted by Gasteiger charge is 2.19. The van der Waals surface area contributed by atoms with Gasteiger partial charge in [-0.2, -0.15) is 0 Å². The minimum Gasteiger partial charge on any atom is -0.475 e. The van der Waals surface area contributed by atoms with Crippen molar-refractivity contribution in [1.82, 2.24) is 9.55 Å². The number of hydrogen-bond acceptors (Lipinski definition) is 3. The van der Waals surface area contributed by atoms with Crippen LogP contribution in [0.2, 0.25) is 0 Å². The number of nitrogens with zero attached hydrogens (tertiary/aromatic N) is 2. The van der Waals surface area contributed by atoms with Crippen LogP contribution < -0.4 is 5.73 Å². The van der Waals surface area contributed by atoms with Crippen molar-refractivity contribution in [3.8, 4) is 0 Å². The van der Waals surface area contributed by atoms with Crippen molar-refractivity contribution in [1.29, 1.82) is 0 Å². The van der Waals surface area contributed by atoms with Gasteiger partial charge in [-0.15, -0.1) is 0 Å². The Bertz CT molecular complexity index is 572. The minimum atomic E-state index is -1.02. The van der Waals surface area contributed by atoms with Crippen molar-refractivity contribution in [2.75, 3.05) is 0 Å². The molecule has 0 atom stereocenters. The van der Waals surface area contributed by atoms with E-state index < -0.39 is 5.97 Å². The van der Waals surface area contributed by atoms with Gasteiger partial charge in [-0.3, -0.25) is 0 Å². The van der Waals surface area contributed by atoms with Gasteiger partial charge in [0.15, 0.2) is 0 Å². The summed E-state index contributed by atoms with van der Waals surface area (Å²) in [4.78, 5) is 15.4. The number of imidazole rings is 1. The number of carboxylic acids is 1. The molecule has 1 aromatic heterocycles. The molecule has 0 amide bonds. The Labute approximate surface area is 98.9 Å². The summed E-state index contributed by atoms with van der Waals surface area (Å²) in [5.74, 6) is -0.950. The lowest BCUT2D eigenvalue weighted by Crippen LogP contribution is -2.11. The third kappa shape index (κ3) is 1.78. The summed E-state index contributed by atoms with van der Waals surface area (Å²) in [6.45, 7) is 4.22. The average Bonchev–Trinajstić information content (AvgIpc) is 2.67. The van der Waals surface area contributed by atoms with Gasteiger partial charge >= 0.3 is 5.97 Å². The van der Waals surface area contributed by atoms with Crippen LogP contribution in [0.4, 0.5) is 0 Å². The SMILES string of the molecule is CC(C)n1c(C(=O)O)nc2c(CN)cccc21. The molecule has 5 nitrogen and oxygen atoms in total. The normalized spacial score (nSPS) is 11.3. The van der Waals surface area contributed by atoms with E-state index in [0.717, 1.165) is 11.1 Å². The van der Waals surface area contributed by atoms with E-state index in [1.54, 1.807) is 4.57 Å². The van der Waals surface area contributed by atoms with Crippen LogP contribution >= 0.6 is 0 Å². The molecule has 0 unspecified atom stereocenters. The van der Waals surface area contributed by atoms with Crippen molar-refractivity contribution >= 4 is 17.0 Å². The second kappa shape index (κ2) is 4.18. The Kier molecular flexibility index (Phi) is 2.85. The van der Waals surface area contributed by atoms with Crippen molar-refractivity contribution in [3.63, 3.8) is 0 Å². The first kappa shape index (κ1) is 11.6. The zero-order valence-corrected chi connectivity index (χ0v) is 9.84. The number of benzene rings is 1. The Hall–Kier alpha value is -1.88. The highest BCUT2D eigenvalue weighted by atomic mass is 16.4. The van der Waals surface area contributed by atoms with Gasteiger partial charge in [0.05, 0.1) is 11.0 Å². The third-order valence-electron chi connectivity index (χ3n) is 2.73. The smallest absolute Gasteiger partial charge is 0.372 e. The number of hydrogen-bond donors (Lipinski definition) is 2. The molecule has 90 valence electrons. The van der Waals surface area contributed by atoms with Gasteiger partial charge in [-0.25, -0.2) is 9.78 Å². The van der Waals surface area contributed by atoms with Crippen LogP contribution in [0.15, 0.2) is 18.2 Å². The zero-order valence-electron chi connectivity index (χ0n) is 9.84. The van der Waals surface area contributed by atoms with Crippen LogP contribution in [-0.2, 0) is 6.54 Å². The lowest BCUT2D eigenvalue weighted by Gasteiger charge is -2.10. The number of para-hydroxylation sites is 1. The van der Waals surface area contributed by atoms with Gasteiger partial charge in [-0.05, 0) is 25.5 Å². The molecule has 0 radical (unpaired) electrons. The molecule has 0 aliphatic heterocycles. The fourth-order valence-corrected chi connectivity index (χ4v) is 2.01. The van der Waals surface area contributed by atoms with Gasteiger partial charge in [0, 0.05) is 12.6 Å². The summed E-state index contributed by atoms with van der Waals surface area (Å²) in [6.07, 6.45) is 0. The Balaban J connectivity index is 2.83. The molecular weight excluding hydrogens is 218 g/mol. The van der Waals surface area contributed by atoms with E-state index in [4.69, 9.17) is 10.8 Å². The standard InChI is InChI=1S/C12H15N3O2/c1-7(2)15-9-5-3-4-8(6-13)10(9)14-11(15)12(16)17/h3-5,7H,6,13H2,1-2H3,(H,16,17). The molecule has 0 fully saturated rings. The molecule has 1 heterocycles. The third-order valence-corrected chi connectivity index (χ3v) is 2.73. The largest absolute Gasteiger partial charge is 0.475 e. The molecule has 3 N–H and O–H groups in total. The van der Waals surface area contributed by atoms with Crippen molar-refractivity contribution < 1.29 is 9.90 Å². The van der Waals surface area contributed by atoms with Crippen molar-refractivity contribution in [3.05, 3.63) is 29.6 Å². The van der Waals surface area contributed by atoms with Gasteiger partial charge in [0.25, 0.3) is 0 Å². The Morgan fingerprint density at radius 1 is 1.53 bits per heavy atom. The molecule has 2 rings (SSSR count). The second-order valence-electron chi connectivity index (χ2n) is 4.19. The molecule has 17 heavy (non-hydrogen) atoms. The molecule has 0 bridgehead atoms. The maximum Gasteiger partial charge on any atom is 0.372 e. The molecule has 1 aromatic carbocycles. The summed E-state index contributed by atoms with van der Waals surface area (Å²) in [6, 6.07) is 5.65. The zero-order chi connectivity index (χ0) is 12.6. The van der Waals surface area contributed by atoms with E-state index in [0.29, 0.717) is 12.1 Å². The maximum atomic E-state index is 11.2. The van der Waals surface area contributed by atoms with Crippen LogP contribution in [0.25, 0.3) is 11.0 Å². The average molecular weight is 233 g/mol. The summed E-state index contributed by atoms with van der Waals surface area (Å²) < 4.78 is 1.72. The summed E-state index contributed by atoms with van der Waals surface area (Å²) in [5.41, 5.74) is 8.00. The van der Waals surface area contributed by atoms with E-state index in [1.807, 2.05) is 32.0 Å². The molecule has 0 aliphatic carbocycles. The Morgan fingerprint density at radius 2 is 2.24 bits per heavy atom. The first-order chi connectivity index (χ1) is 8.06. The minimum absolute atomic E-state index is 0.0409. The van der Waals surface area contributed by atoms with Crippen LogP contribution in [0.5, 0.6) is 0 Å². The summed E-state index contributed by atoms with van der Waals surface area (Å²) >= 11 is 0. The number of rotatable bonds is 3. The van der Waals surface area contributed by atoms with Crippen LogP contribution in [0.1, 0.15) is 36.1 Å². The van der Waals surface area contributed by atoms with Gasteiger partial charge in [-0.1, -0.05) is 12.1 Å². The molecule has 2 aromatic rings. The van der Waals surface area contributed by atoms with Gasteiger partial charge in [0.1, 0.15) is 0 Å². The van der Waals surface area contributed by atoms with E-state index in [2.05, 4.69) is 4.98 Å². The fraction of sp³-hybridized carbons (Fsp3) is 0.333. The molecule has 0 saturated heterocycles. The molecule has 5 heteroatoms. The maximum absolute atomic E-state index is 11.2. The number of nitrogens with two attached hydrogens (primary N) is 1. The quantitative estimate of drug-likeness (QED) is 0.846. The summed E-state index contributed by atoms with van der Waals surface area (Å²) in [5, 5.41) is 9.16. The summed E-state index contributed by atoms with van der Waals surface area (Å²) in [7, 11) is 0. The predicted octanol–water partition coefficient (Wildman–Crippen LogP) is 1.77. The topological polar surface area (TPSA) is 81.1 Å². The van der Waals surface area contributed by atoms with Crippen LogP contribution in [0.3, 0.4) is 0 Å². The number of fused-ring (bicyclic) bond motifs is 1. The van der Waals surface area contributed by atoms with Crippen LogP contribution in [-0.4, -0.2) is 20.6 Å². The molecule has 0 saturated carbocycles. The highest BCUT2D eigenvalue weighted by molar-refractivity contribution is 5.91. The van der Waals surface area contributed by atoms with Crippen molar-refractivity contribution in [2.45, 2.75) is 26.4 Å². The molecular formula is C12H15N3O2. The molecule has 0 spiro atoms. The lowest BCUT2D eigenvalue weighted by atomic mass is 10.2. The number of aromatic nitrogens is 2. The van der Waals surface area contributed by atoms with Gasteiger partial charge < -0.3 is 15.4 Å². The second-order valence-corrected chi connectivity index (χ2v) is 4.19. The van der Waals surface area contributed by atoms with E-state index in [-0.39, 0.29) is 11.9 Å². The predicted molar refractivity (Wildman–Crippen MR) is 65.0 cm³/mol. The van der Waals surface area contributed by atoms with E-state index in [1.165, 1.54) is 0 Å². The van der Waals surface area contributed by atoms with E-state index >= 15 is 0 Å².